The molecule has 0 aromatic heterocycles. The summed E-state index contributed by atoms with van der Waals surface area (Å²) in [6.45, 7) is 1.82. The minimum Gasteiger partial charge on any atom is -0.351 e. The summed E-state index contributed by atoms with van der Waals surface area (Å²) in [4.78, 5) is 34.2. The van der Waals surface area contributed by atoms with Gasteiger partial charge in [0.15, 0.2) is 0 Å². The Balaban J connectivity index is 1.97. The van der Waals surface area contributed by atoms with Crippen molar-refractivity contribution in [2.75, 3.05) is 11.9 Å². The number of rotatable bonds is 6. The largest absolute Gasteiger partial charge is 0.351 e. The second-order valence-corrected chi connectivity index (χ2v) is 5.46. The van der Waals surface area contributed by atoms with Gasteiger partial charge in [-0.05, 0) is 36.8 Å². The van der Waals surface area contributed by atoms with E-state index in [0.29, 0.717) is 11.3 Å². The molecule has 4 amide bonds. The number of nitrogens with one attached hydrogen (secondary N) is 3. The third kappa shape index (κ3) is 5.74. The number of anilines is 1. The van der Waals surface area contributed by atoms with E-state index in [1.165, 1.54) is 0 Å². The standard InChI is InChI=1S/C18H20N4O3/c1-12(20-11-16(23)22-18(19)25)14-8-5-9-15(10-14)21-17(24)13-6-3-2-4-7-13/h2-10,12,20H,11H2,1H3,(H,21,24)(H3,19,22,23,25). The van der Waals surface area contributed by atoms with Gasteiger partial charge in [-0.3, -0.25) is 14.9 Å². The molecule has 0 aliphatic carbocycles. The first kappa shape index (κ1) is 18.2. The normalized spacial score (nSPS) is 11.4. The Kier molecular flexibility index (Phi) is 6.25. The number of nitrogens with two attached hydrogens (primary N) is 1. The van der Waals surface area contributed by atoms with Crippen LogP contribution >= 0.6 is 0 Å². The number of urea groups is 1. The summed E-state index contributed by atoms with van der Waals surface area (Å²) in [6, 6.07) is 15.2. The molecule has 25 heavy (non-hydrogen) atoms. The number of hydrogen-bond donors (Lipinski definition) is 4. The molecule has 1 unspecified atom stereocenters. The quantitative estimate of drug-likeness (QED) is 0.642. The predicted molar refractivity (Wildman–Crippen MR) is 95.0 cm³/mol. The summed E-state index contributed by atoms with van der Waals surface area (Å²) in [6.07, 6.45) is 0. The molecule has 1 atom stereocenters. The Bertz CT molecular complexity index is 762. The molecule has 0 spiro atoms. The van der Waals surface area contributed by atoms with Gasteiger partial charge in [0.1, 0.15) is 0 Å². The van der Waals surface area contributed by atoms with Crippen LogP contribution < -0.4 is 21.7 Å². The zero-order chi connectivity index (χ0) is 18.2. The van der Waals surface area contributed by atoms with Gasteiger partial charge < -0.3 is 16.4 Å². The van der Waals surface area contributed by atoms with Crippen LogP contribution in [0.4, 0.5) is 10.5 Å². The van der Waals surface area contributed by atoms with Crippen LogP contribution in [0.15, 0.2) is 54.6 Å². The molecule has 0 aliphatic heterocycles. The predicted octanol–water partition coefficient (Wildman–Crippen LogP) is 1.78. The smallest absolute Gasteiger partial charge is 0.318 e. The molecular weight excluding hydrogens is 320 g/mol. The monoisotopic (exact) mass is 340 g/mol. The lowest BCUT2D eigenvalue weighted by Gasteiger charge is -2.15. The summed E-state index contributed by atoms with van der Waals surface area (Å²) in [5.41, 5.74) is 7.00. The molecule has 7 heteroatoms. The van der Waals surface area contributed by atoms with E-state index >= 15 is 0 Å². The van der Waals surface area contributed by atoms with Gasteiger partial charge in [-0.1, -0.05) is 30.3 Å². The van der Waals surface area contributed by atoms with E-state index in [4.69, 9.17) is 5.73 Å². The first-order valence-corrected chi connectivity index (χ1v) is 7.74. The van der Waals surface area contributed by atoms with E-state index in [-0.39, 0.29) is 18.5 Å². The van der Waals surface area contributed by atoms with Crippen LogP contribution in [-0.4, -0.2) is 24.4 Å². The minimum atomic E-state index is -0.884. The second kappa shape index (κ2) is 8.60. The number of benzene rings is 2. The maximum Gasteiger partial charge on any atom is 0.318 e. The molecule has 2 aromatic carbocycles. The van der Waals surface area contributed by atoms with Crippen molar-refractivity contribution in [2.24, 2.45) is 5.73 Å². The first-order chi connectivity index (χ1) is 12.0. The van der Waals surface area contributed by atoms with Gasteiger partial charge in [0, 0.05) is 17.3 Å². The highest BCUT2D eigenvalue weighted by atomic mass is 16.2. The van der Waals surface area contributed by atoms with E-state index in [1.54, 1.807) is 30.3 Å². The van der Waals surface area contributed by atoms with E-state index in [1.807, 2.05) is 36.5 Å². The number of primary amides is 1. The highest BCUT2D eigenvalue weighted by Gasteiger charge is 2.11. The number of imide groups is 1. The van der Waals surface area contributed by atoms with Crippen molar-refractivity contribution in [3.63, 3.8) is 0 Å². The van der Waals surface area contributed by atoms with Crippen LogP contribution in [0.25, 0.3) is 0 Å². The molecule has 0 saturated heterocycles. The molecule has 130 valence electrons. The minimum absolute atomic E-state index is 0.0509. The van der Waals surface area contributed by atoms with E-state index < -0.39 is 11.9 Å². The van der Waals surface area contributed by atoms with E-state index in [2.05, 4.69) is 10.6 Å². The van der Waals surface area contributed by atoms with Crippen molar-refractivity contribution in [1.82, 2.24) is 10.6 Å². The Morgan fingerprint density at radius 1 is 1.04 bits per heavy atom. The number of amides is 4. The molecular formula is C18H20N4O3. The van der Waals surface area contributed by atoms with Crippen LogP contribution in [0, 0.1) is 0 Å². The summed E-state index contributed by atoms with van der Waals surface area (Å²) < 4.78 is 0. The van der Waals surface area contributed by atoms with Crippen LogP contribution in [0.5, 0.6) is 0 Å². The summed E-state index contributed by atoms with van der Waals surface area (Å²) in [5, 5.41) is 7.81. The average Bonchev–Trinajstić information content (AvgIpc) is 2.60. The fraction of sp³-hybridized carbons (Fsp3) is 0.167. The summed E-state index contributed by atoms with van der Waals surface area (Å²) in [7, 11) is 0. The Morgan fingerprint density at radius 3 is 2.44 bits per heavy atom. The Morgan fingerprint density at radius 2 is 1.76 bits per heavy atom. The number of hydrogen-bond acceptors (Lipinski definition) is 4. The fourth-order valence-corrected chi connectivity index (χ4v) is 2.22. The van der Waals surface area contributed by atoms with Gasteiger partial charge in [0.05, 0.1) is 6.54 Å². The van der Waals surface area contributed by atoms with Gasteiger partial charge in [-0.25, -0.2) is 4.79 Å². The zero-order valence-electron chi connectivity index (χ0n) is 13.8. The summed E-state index contributed by atoms with van der Waals surface area (Å²) in [5.74, 6) is -0.702. The van der Waals surface area contributed by atoms with Gasteiger partial charge in [-0.15, -0.1) is 0 Å². The molecule has 2 rings (SSSR count). The van der Waals surface area contributed by atoms with Crippen molar-refractivity contribution in [3.05, 3.63) is 65.7 Å². The number of carbonyl (C=O) groups excluding carboxylic acids is 3. The molecule has 0 aliphatic rings. The molecule has 7 nitrogen and oxygen atoms in total. The van der Waals surface area contributed by atoms with Crippen LogP contribution in [0.1, 0.15) is 28.9 Å². The van der Waals surface area contributed by atoms with E-state index in [9.17, 15) is 14.4 Å². The first-order valence-electron chi connectivity index (χ1n) is 7.74. The van der Waals surface area contributed by atoms with Gasteiger partial charge >= 0.3 is 6.03 Å². The maximum atomic E-state index is 12.2. The molecule has 0 fully saturated rings. The van der Waals surface area contributed by atoms with Crippen molar-refractivity contribution in [2.45, 2.75) is 13.0 Å². The lowest BCUT2D eigenvalue weighted by Crippen LogP contribution is -2.41. The maximum absolute atomic E-state index is 12.2. The Hall–Kier alpha value is -3.19. The van der Waals surface area contributed by atoms with Crippen molar-refractivity contribution in [3.8, 4) is 0 Å². The van der Waals surface area contributed by atoms with Crippen LogP contribution in [-0.2, 0) is 4.79 Å². The number of carbonyl (C=O) groups is 3. The molecule has 5 N–H and O–H groups in total. The van der Waals surface area contributed by atoms with Crippen molar-refractivity contribution in [1.29, 1.82) is 0 Å². The van der Waals surface area contributed by atoms with Crippen molar-refractivity contribution >= 4 is 23.5 Å². The lowest BCUT2D eigenvalue weighted by atomic mass is 10.1. The average molecular weight is 340 g/mol. The SMILES string of the molecule is CC(NCC(=O)NC(N)=O)c1cccc(NC(=O)c2ccccc2)c1. The summed E-state index contributed by atoms with van der Waals surface area (Å²) >= 11 is 0. The van der Waals surface area contributed by atoms with Crippen molar-refractivity contribution < 1.29 is 14.4 Å². The Labute approximate surface area is 145 Å². The van der Waals surface area contributed by atoms with Crippen LogP contribution in [0.3, 0.4) is 0 Å². The molecule has 0 saturated carbocycles. The second-order valence-electron chi connectivity index (χ2n) is 5.46. The third-order valence-corrected chi connectivity index (χ3v) is 3.51. The van der Waals surface area contributed by atoms with Gasteiger partial charge in [-0.2, -0.15) is 0 Å². The topological polar surface area (TPSA) is 113 Å². The lowest BCUT2D eigenvalue weighted by molar-refractivity contribution is -0.119. The van der Waals surface area contributed by atoms with Gasteiger partial charge in [0.2, 0.25) is 5.91 Å². The van der Waals surface area contributed by atoms with Crippen LogP contribution in [0.2, 0.25) is 0 Å². The van der Waals surface area contributed by atoms with E-state index in [0.717, 1.165) is 5.56 Å². The van der Waals surface area contributed by atoms with Gasteiger partial charge in [0.25, 0.3) is 5.91 Å². The highest BCUT2D eigenvalue weighted by molar-refractivity contribution is 6.04. The molecule has 2 aromatic rings. The highest BCUT2D eigenvalue weighted by Crippen LogP contribution is 2.18. The zero-order valence-corrected chi connectivity index (χ0v) is 13.8. The fourth-order valence-electron chi connectivity index (χ4n) is 2.22. The molecule has 0 heterocycles. The molecule has 0 bridgehead atoms. The molecule has 0 radical (unpaired) electrons. The third-order valence-electron chi connectivity index (χ3n) is 3.51.